The second-order valence-corrected chi connectivity index (χ2v) is 5.83. The summed E-state index contributed by atoms with van der Waals surface area (Å²) in [5.74, 6) is -0.0549. The van der Waals surface area contributed by atoms with Gasteiger partial charge in [-0.2, -0.15) is 0 Å². The Bertz CT molecular complexity index is 452. The molecule has 1 aromatic heterocycles. The minimum absolute atomic E-state index is 0.0549. The molecule has 5 nitrogen and oxygen atoms in total. The van der Waals surface area contributed by atoms with Gasteiger partial charge in [0, 0.05) is 51.5 Å². The van der Waals surface area contributed by atoms with Crippen molar-refractivity contribution in [3.63, 3.8) is 0 Å². The van der Waals surface area contributed by atoms with Crippen LogP contribution in [0.25, 0.3) is 0 Å². The molecule has 0 bridgehead atoms. The highest BCUT2D eigenvalue weighted by Crippen LogP contribution is 2.18. The SMILES string of the molecule is CC(C)n1cc(Cl)cc1C(=O)NCCN1CCNCC1. The van der Waals surface area contributed by atoms with Gasteiger partial charge in [-0.15, -0.1) is 0 Å². The van der Waals surface area contributed by atoms with E-state index < -0.39 is 0 Å². The lowest BCUT2D eigenvalue weighted by Gasteiger charge is -2.27. The van der Waals surface area contributed by atoms with Gasteiger partial charge in [-0.25, -0.2) is 0 Å². The molecule has 0 spiro atoms. The average Bonchev–Trinajstić information content (AvgIpc) is 2.82. The molecule has 1 fully saturated rings. The zero-order valence-corrected chi connectivity index (χ0v) is 12.9. The lowest BCUT2D eigenvalue weighted by atomic mass is 10.3. The topological polar surface area (TPSA) is 49.3 Å². The highest BCUT2D eigenvalue weighted by Gasteiger charge is 2.15. The number of aromatic nitrogens is 1. The van der Waals surface area contributed by atoms with Gasteiger partial charge in [0.25, 0.3) is 5.91 Å². The van der Waals surface area contributed by atoms with Crippen molar-refractivity contribution in [2.24, 2.45) is 0 Å². The molecule has 112 valence electrons. The Hall–Kier alpha value is -1.04. The number of hydrogen-bond acceptors (Lipinski definition) is 3. The minimum Gasteiger partial charge on any atom is -0.349 e. The second-order valence-electron chi connectivity index (χ2n) is 5.39. The van der Waals surface area contributed by atoms with E-state index in [1.807, 2.05) is 18.4 Å². The molecule has 0 atom stereocenters. The first-order valence-electron chi connectivity index (χ1n) is 7.16. The van der Waals surface area contributed by atoms with Crippen LogP contribution in [0.3, 0.4) is 0 Å². The lowest BCUT2D eigenvalue weighted by Crippen LogP contribution is -2.46. The van der Waals surface area contributed by atoms with Crippen LogP contribution >= 0.6 is 11.6 Å². The van der Waals surface area contributed by atoms with Crippen molar-refractivity contribution in [3.8, 4) is 0 Å². The maximum atomic E-state index is 12.2. The number of amides is 1. The molecular weight excluding hydrogens is 276 g/mol. The third-order valence-corrected chi connectivity index (χ3v) is 3.73. The molecule has 0 aliphatic carbocycles. The van der Waals surface area contributed by atoms with Crippen LogP contribution in [0, 0.1) is 0 Å². The molecule has 1 aliphatic heterocycles. The molecule has 1 saturated heterocycles. The predicted octanol–water partition coefficient (Wildman–Crippen LogP) is 1.36. The van der Waals surface area contributed by atoms with E-state index in [-0.39, 0.29) is 11.9 Å². The molecule has 1 amide bonds. The molecule has 1 aliphatic rings. The van der Waals surface area contributed by atoms with Gasteiger partial charge in [-0.05, 0) is 19.9 Å². The quantitative estimate of drug-likeness (QED) is 0.863. The van der Waals surface area contributed by atoms with Crippen molar-refractivity contribution in [1.29, 1.82) is 0 Å². The van der Waals surface area contributed by atoms with Crippen LogP contribution in [-0.2, 0) is 0 Å². The molecule has 0 aromatic carbocycles. The normalized spacial score (nSPS) is 16.6. The Balaban J connectivity index is 1.85. The maximum Gasteiger partial charge on any atom is 0.268 e. The van der Waals surface area contributed by atoms with Crippen molar-refractivity contribution in [1.82, 2.24) is 20.1 Å². The van der Waals surface area contributed by atoms with Crippen LogP contribution in [0.2, 0.25) is 5.02 Å². The smallest absolute Gasteiger partial charge is 0.268 e. The summed E-state index contributed by atoms with van der Waals surface area (Å²) in [7, 11) is 0. The number of carbonyl (C=O) groups excluding carboxylic acids is 1. The van der Waals surface area contributed by atoms with Crippen molar-refractivity contribution in [2.75, 3.05) is 39.3 Å². The van der Waals surface area contributed by atoms with E-state index in [4.69, 9.17) is 11.6 Å². The summed E-state index contributed by atoms with van der Waals surface area (Å²) in [6.07, 6.45) is 1.80. The third-order valence-electron chi connectivity index (χ3n) is 3.53. The van der Waals surface area contributed by atoms with Gasteiger partial charge < -0.3 is 15.2 Å². The van der Waals surface area contributed by atoms with Crippen molar-refractivity contribution in [3.05, 3.63) is 23.0 Å². The van der Waals surface area contributed by atoms with Crippen LogP contribution in [0.1, 0.15) is 30.4 Å². The summed E-state index contributed by atoms with van der Waals surface area (Å²) in [5, 5.41) is 6.89. The number of rotatable bonds is 5. The summed E-state index contributed by atoms with van der Waals surface area (Å²) < 4.78 is 1.91. The molecule has 6 heteroatoms. The summed E-state index contributed by atoms with van der Waals surface area (Å²) >= 11 is 5.99. The van der Waals surface area contributed by atoms with Gasteiger partial charge in [0.15, 0.2) is 0 Å². The zero-order valence-electron chi connectivity index (χ0n) is 12.2. The number of piperazine rings is 1. The molecule has 0 radical (unpaired) electrons. The molecule has 2 N–H and O–H groups in total. The van der Waals surface area contributed by atoms with E-state index in [0.717, 1.165) is 32.7 Å². The number of nitrogens with zero attached hydrogens (tertiary/aromatic N) is 2. The predicted molar refractivity (Wildman–Crippen MR) is 81.5 cm³/mol. The fourth-order valence-corrected chi connectivity index (χ4v) is 2.62. The Labute approximate surface area is 125 Å². The first-order chi connectivity index (χ1) is 9.58. The summed E-state index contributed by atoms with van der Waals surface area (Å²) in [4.78, 5) is 14.6. The molecule has 0 unspecified atom stereocenters. The van der Waals surface area contributed by atoms with Crippen LogP contribution in [0.4, 0.5) is 0 Å². The van der Waals surface area contributed by atoms with Gasteiger partial charge >= 0.3 is 0 Å². The van der Waals surface area contributed by atoms with E-state index >= 15 is 0 Å². The summed E-state index contributed by atoms with van der Waals surface area (Å²) in [6, 6.07) is 1.94. The van der Waals surface area contributed by atoms with E-state index in [1.54, 1.807) is 12.3 Å². The van der Waals surface area contributed by atoms with Crippen LogP contribution in [-0.4, -0.2) is 54.6 Å². The van der Waals surface area contributed by atoms with Gasteiger partial charge in [-0.1, -0.05) is 11.6 Å². The first kappa shape index (κ1) is 15.4. The number of nitrogens with one attached hydrogen (secondary N) is 2. The maximum absolute atomic E-state index is 12.2. The van der Waals surface area contributed by atoms with Crippen LogP contribution in [0.15, 0.2) is 12.3 Å². The van der Waals surface area contributed by atoms with E-state index in [2.05, 4.69) is 15.5 Å². The largest absolute Gasteiger partial charge is 0.349 e. The van der Waals surface area contributed by atoms with Crippen molar-refractivity contribution >= 4 is 17.5 Å². The molecule has 2 rings (SSSR count). The Kier molecular flexibility index (Phi) is 5.46. The fourth-order valence-electron chi connectivity index (χ4n) is 2.41. The second kappa shape index (κ2) is 7.11. The molecule has 1 aromatic rings. The van der Waals surface area contributed by atoms with Crippen molar-refractivity contribution < 1.29 is 4.79 Å². The van der Waals surface area contributed by atoms with Gasteiger partial charge in [0.1, 0.15) is 5.69 Å². The lowest BCUT2D eigenvalue weighted by molar-refractivity contribution is 0.0936. The average molecular weight is 299 g/mol. The summed E-state index contributed by atoms with van der Waals surface area (Å²) in [6.45, 7) is 9.78. The van der Waals surface area contributed by atoms with Gasteiger partial charge in [0.05, 0.1) is 5.02 Å². The number of carbonyl (C=O) groups is 1. The highest BCUT2D eigenvalue weighted by atomic mass is 35.5. The Morgan fingerprint density at radius 3 is 2.80 bits per heavy atom. The number of hydrogen-bond donors (Lipinski definition) is 2. The molecule has 20 heavy (non-hydrogen) atoms. The van der Waals surface area contributed by atoms with Gasteiger partial charge in [0.2, 0.25) is 0 Å². The Morgan fingerprint density at radius 1 is 1.45 bits per heavy atom. The van der Waals surface area contributed by atoms with Crippen LogP contribution in [0.5, 0.6) is 0 Å². The first-order valence-corrected chi connectivity index (χ1v) is 7.54. The van der Waals surface area contributed by atoms with Crippen molar-refractivity contribution in [2.45, 2.75) is 19.9 Å². The molecular formula is C14H23ClN4O. The summed E-state index contributed by atoms with van der Waals surface area (Å²) in [5.41, 5.74) is 0.630. The van der Waals surface area contributed by atoms with Crippen LogP contribution < -0.4 is 10.6 Å². The van der Waals surface area contributed by atoms with E-state index in [0.29, 0.717) is 17.3 Å². The van der Waals surface area contributed by atoms with E-state index in [9.17, 15) is 4.79 Å². The third kappa shape index (κ3) is 3.98. The van der Waals surface area contributed by atoms with Gasteiger partial charge in [-0.3, -0.25) is 9.69 Å². The molecule has 0 saturated carbocycles. The highest BCUT2D eigenvalue weighted by molar-refractivity contribution is 6.31. The minimum atomic E-state index is -0.0549. The number of halogens is 1. The standard InChI is InChI=1S/C14H23ClN4O/c1-11(2)19-10-12(15)9-13(19)14(20)17-5-8-18-6-3-16-4-7-18/h9-11,16H,3-8H2,1-2H3,(H,17,20). The fraction of sp³-hybridized carbons (Fsp3) is 0.643. The zero-order chi connectivity index (χ0) is 14.5. The molecule has 2 heterocycles. The Morgan fingerprint density at radius 2 is 2.15 bits per heavy atom. The monoisotopic (exact) mass is 298 g/mol. The van der Waals surface area contributed by atoms with E-state index in [1.165, 1.54) is 0 Å².